The van der Waals surface area contributed by atoms with Gasteiger partial charge in [0.1, 0.15) is 29.0 Å². The van der Waals surface area contributed by atoms with Crippen LogP contribution in [0.4, 0.5) is 11.4 Å². The number of carbonyl (C=O) groups is 1. The van der Waals surface area contributed by atoms with Crippen LogP contribution in [0.1, 0.15) is 21.9 Å². The minimum Gasteiger partial charge on any atom is -0.382 e. The van der Waals surface area contributed by atoms with Crippen LogP contribution in [0.3, 0.4) is 0 Å². The zero-order chi connectivity index (χ0) is 21.8. The Morgan fingerprint density at radius 2 is 1.78 bits per heavy atom. The molecule has 0 bridgehead atoms. The van der Waals surface area contributed by atoms with Crippen LogP contribution in [0, 0.1) is 11.3 Å². The lowest BCUT2D eigenvalue weighted by molar-refractivity contribution is 0.0996. The van der Waals surface area contributed by atoms with Crippen molar-refractivity contribution in [1.82, 2.24) is 20.1 Å². The van der Waals surface area contributed by atoms with Crippen molar-refractivity contribution in [2.45, 2.75) is 0 Å². The molecule has 1 amide bonds. The van der Waals surface area contributed by atoms with Gasteiger partial charge in [-0.05, 0) is 36.4 Å². The molecule has 0 spiro atoms. The third-order valence-electron chi connectivity index (χ3n) is 4.89. The molecule has 10 nitrogen and oxygen atoms in total. The smallest absolute Gasteiger partial charge is 0.271 e. The van der Waals surface area contributed by atoms with Crippen molar-refractivity contribution < 1.29 is 4.79 Å². The molecule has 11 heteroatoms. The normalized spacial score (nSPS) is 13.8. The average molecular weight is 452 g/mol. The van der Waals surface area contributed by atoms with Gasteiger partial charge in [0, 0.05) is 31.9 Å². The molecule has 2 aromatic heterocycles. The zero-order valence-electron chi connectivity index (χ0n) is 17.1. The number of nitriles is 1. The average Bonchev–Trinajstić information content (AvgIpc) is 3.24. The molecule has 32 heavy (non-hydrogen) atoms. The van der Waals surface area contributed by atoms with Crippen molar-refractivity contribution >= 4 is 35.5 Å². The minimum atomic E-state index is -0.721. The van der Waals surface area contributed by atoms with E-state index in [0.717, 1.165) is 37.6 Å². The standard InChI is InChI=1S/C21H21N9O.ClH/c22-12-14-2-1-3-17(26-14)20(23)27-18-13-30(28-19(18)21(24)31)16-6-4-15(5-7-16)29-10-8-25-9-11-29;/h1-7,13,25H,8-11H2,(H2,23,27)(H2,24,31);1H. The molecule has 0 aliphatic carbocycles. The Hall–Kier alpha value is -3.94. The number of primary amides is 1. The lowest BCUT2D eigenvalue weighted by atomic mass is 10.2. The van der Waals surface area contributed by atoms with Crippen molar-refractivity contribution in [1.29, 1.82) is 5.26 Å². The fourth-order valence-electron chi connectivity index (χ4n) is 3.32. The van der Waals surface area contributed by atoms with Gasteiger partial charge in [-0.2, -0.15) is 10.4 Å². The number of aliphatic imine (C=N–C) groups is 1. The SMILES string of the molecule is Cl.N#Cc1cccc(C(N)=Nc2cn(-c3ccc(N4CCNCC4)cc3)nc2C(N)=O)n1. The van der Waals surface area contributed by atoms with E-state index in [2.05, 4.69) is 25.3 Å². The van der Waals surface area contributed by atoms with E-state index in [0.29, 0.717) is 5.69 Å². The van der Waals surface area contributed by atoms with E-state index in [1.165, 1.54) is 4.68 Å². The van der Waals surface area contributed by atoms with Crippen LogP contribution >= 0.6 is 12.4 Å². The van der Waals surface area contributed by atoms with Gasteiger partial charge in [0.2, 0.25) is 0 Å². The van der Waals surface area contributed by atoms with E-state index in [1.807, 2.05) is 30.3 Å². The van der Waals surface area contributed by atoms with Gasteiger partial charge in [0.15, 0.2) is 5.69 Å². The summed E-state index contributed by atoms with van der Waals surface area (Å²) in [5, 5.41) is 16.6. The van der Waals surface area contributed by atoms with E-state index >= 15 is 0 Å². The zero-order valence-corrected chi connectivity index (χ0v) is 17.9. The van der Waals surface area contributed by atoms with Gasteiger partial charge in [-0.25, -0.2) is 14.7 Å². The number of hydrogen-bond acceptors (Lipinski definition) is 7. The van der Waals surface area contributed by atoms with Crippen LogP contribution in [-0.4, -0.2) is 52.7 Å². The monoisotopic (exact) mass is 451 g/mol. The Bertz CT molecular complexity index is 1170. The maximum absolute atomic E-state index is 11.9. The third-order valence-corrected chi connectivity index (χ3v) is 4.89. The predicted octanol–water partition coefficient (Wildman–Crippen LogP) is 1.11. The lowest BCUT2D eigenvalue weighted by Crippen LogP contribution is -2.43. The highest BCUT2D eigenvalue weighted by molar-refractivity contribution is 6.01. The highest BCUT2D eigenvalue weighted by atomic mass is 35.5. The van der Waals surface area contributed by atoms with Crippen LogP contribution in [0.15, 0.2) is 53.7 Å². The van der Waals surface area contributed by atoms with Crippen LogP contribution in [0.5, 0.6) is 0 Å². The first-order valence-corrected chi connectivity index (χ1v) is 9.72. The highest BCUT2D eigenvalue weighted by Gasteiger charge is 2.16. The number of amidine groups is 1. The summed E-state index contributed by atoms with van der Waals surface area (Å²) in [4.78, 5) is 22.6. The first kappa shape index (κ1) is 22.7. The number of amides is 1. The molecule has 3 heterocycles. The number of nitrogens with one attached hydrogen (secondary N) is 1. The van der Waals surface area contributed by atoms with Crippen LogP contribution in [0.25, 0.3) is 5.69 Å². The number of hydrogen-bond donors (Lipinski definition) is 3. The highest BCUT2D eigenvalue weighted by Crippen LogP contribution is 2.23. The molecule has 1 saturated heterocycles. The van der Waals surface area contributed by atoms with Gasteiger partial charge in [-0.1, -0.05) is 6.07 Å². The molecular formula is C21H22ClN9O. The molecular weight excluding hydrogens is 430 g/mol. The van der Waals surface area contributed by atoms with Crippen LogP contribution < -0.4 is 21.7 Å². The molecule has 1 aromatic carbocycles. The second-order valence-electron chi connectivity index (χ2n) is 6.94. The number of nitrogens with zero attached hydrogens (tertiary/aromatic N) is 6. The summed E-state index contributed by atoms with van der Waals surface area (Å²) in [6.07, 6.45) is 1.58. The summed E-state index contributed by atoms with van der Waals surface area (Å²) in [6, 6.07) is 14.7. The minimum absolute atomic E-state index is 0. The molecule has 3 aromatic rings. The van der Waals surface area contributed by atoms with Gasteiger partial charge >= 0.3 is 0 Å². The molecule has 0 radical (unpaired) electrons. The van der Waals surface area contributed by atoms with E-state index in [1.54, 1.807) is 24.4 Å². The molecule has 1 aliphatic heterocycles. The van der Waals surface area contributed by atoms with E-state index in [4.69, 9.17) is 16.7 Å². The summed E-state index contributed by atoms with van der Waals surface area (Å²) in [5.74, 6) is -0.672. The summed E-state index contributed by atoms with van der Waals surface area (Å²) in [6.45, 7) is 3.81. The molecule has 164 valence electrons. The number of anilines is 1. The molecule has 1 aliphatic rings. The van der Waals surface area contributed by atoms with E-state index < -0.39 is 5.91 Å². The van der Waals surface area contributed by atoms with Crippen molar-refractivity contribution in [2.75, 3.05) is 31.1 Å². The second kappa shape index (κ2) is 9.91. The summed E-state index contributed by atoms with van der Waals surface area (Å²) in [7, 11) is 0. The number of benzene rings is 1. The predicted molar refractivity (Wildman–Crippen MR) is 124 cm³/mol. The fourth-order valence-corrected chi connectivity index (χ4v) is 3.32. The number of halogens is 1. The number of carbonyl (C=O) groups excluding carboxylic acids is 1. The lowest BCUT2D eigenvalue weighted by Gasteiger charge is -2.29. The topological polar surface area (TPSA) is 151 Å². The fraction of sp³-hybridized carbons (Fsp3) is 0.190. The number of piperazine rings is 1. The molecule has 0 saturated carbocycles. The van der Waals surface area contributed by atoms with Gasteiger partial charge < -0.3 is 21.7 Å². The van der Waals surface area contributed by atoms with Gasteiger partial charge in [0.05, 0.1) is 11.9 Å². The summed E-state index contributed by atoms with van der Waals surface area (Å²) >= 11 is 0. The van der Waals surface area contributed by atoms with Crippen molar-refractivity contribution in [3.8, 4) is 11.8 Å². The number of nitrogens with two attached hydrogens (primary N) is 2. The maximum Gasteiger partial charge on any atom is 0.271 e. The molecule has 0 atom stereocenters. The third kappa shape index (κ3) is 4.85. The van der Waals surface area contributed by atoms with Gasteiger partial charge in [-0.15, -0.1) is 12.4 Å². The number of rotatable bonds is 5. The van der Waals surface area contributed by atoms with E-state index in [-0.39, 0.29) is 35.3 Å². The second-order valence-corrected chi connectivity index (χ2v) is 6.94. The Labute approximate surface area is 191 Å². The first-order chi connectivity index (χ1) is 15.0. The number of pyridine rings is 1. The quantitative estimate of drug-likeness (QED) is 0.388. The Morgan fingerprint density at radius 3 is 2.44 bits per heavy atom. The molecule has 4 rings (SSSR count). The molecule has 1 fully saturated rings. The van der Waals surface area contributed by atoms with Gasteiger partial charge in [-0.3, -0.25) is 4.79 Å². The molecule has 5 N–H and O–H groups in total. The Balaban J connectivity index is 0.00000289. The summed E-state index contributed by atoms with van der Waals surface area (Å²) in [5.41, 5.74) is 14.2. The molecule has 0 unspecified atom stereocenters. The van der Waals surface area contributed by atoms with Gasteiger partial charge in [0.25, 0.3) is 5.91 Å². The number of aromatic nitrogens is 3. The summed E-state index contributed by atoms with van der Waals surface area (Å²) < 4.78 is 1.53. The van der Waals surface area contributed by atoms with Crippen LogP contribution in [-0.2, 0) is 0 Å². The van der Waals surface area contributed by atoms with Crippen molar-refractivity contribution in [3.63, 3.8) is 0 Å². The van der Waals surface area contributed by atoms with E-state index in [9.17, 15) is 4.79 Å². The Morgan fingerprint density at radius 1 is 1.09 bits per heavy atom. The Kier molecular flexibility index (Phi) is 7.04. The van der Waals surface area contributed by atoms with Crippen LogP contribution in [0.2, 0.25) is 0 Å². The van der Waals surface area contributed by atoms with Crippen molar-refractivity contribution in [2.24, 2.45) is 16.5 Å². The maximum atomic E-state index is 11.9. The first-order valence-electron chi connectivity index (χ1n) is 9.72. The largest absolute Gasteiger partial charge is 0.382 e. The van der Waals surface area contributed by atoms with Crippen molar-refractivity contribution in [3.05, 3.63) is 65.7 Å².